The molecule has 18 heavy (non-hydrogen) atoms. The minimum Gasteiger partial charge on any atom is -0.360 e. The Balaban J connectivity index is 2.52. The number of hydrogen-bond donors (Lipinski definition) is 2. The third-order valence-electron chi connectivity index (χ3n) is 2.30. The second-order valence-electron chi connectivity index (χ2n) is 3.51. The highest BCUT2D eigenvalue weighted by Crippen LogP contribution is 2.37. The summed E-state index contributed by atoms with van der Waals surface area (Å²) in [5.41, 5.74) is 2.75. The molecule has 1 aromatic carbocycles. The van der Waals surface area contributed by atoms with Gasteiger partial charge in [-0.3, -0.25) is 0 Å². The van der Waals surface area contributed by atoms with Crippen molar-refractivity contribution in [3.05, 3.63) is 40.3 Å². The number of thioether (sulfide) groups is 1. The van der Waals surface area contributed by atoms with Crippen molar-refractivity contribution in [3.8, 4) is 0 Å². The van der Waals surface area contributed by atoms with Crippen LogP contribution in [0.4, 0.5) is 22.0 Å². The maximum absolute atomic E-state index is 13.7. The van der Waals surface area contributed by atoms with Gasteiger partial charge in [0.2, 0.25) is 0 Å². The lowest BCUT2D eigenvalue weighted by molar-refractivity contribution is -0.142. The highest BCUT2D eigenvalue weighted by atomic mass is 32.2. The standard InChI is InChI=1S/C10H7F5N2S/c11-5-2-1-4(6-3-18-9(16)17-6)8(12)7(5)10(13,14)15/h1-3,9,17H,16H2. The predicted molar refractivity (Wildman–Crippen MR) is 58.0 cm³/mol. The first-order chi connectivity index (χ1) is 8.30. The number of alkyl halides is 3. The summed E-state index contributed by atoms with van der Waals surface area (Å²) < 4.78 is 64.3. The smallest absolute Gasteiger partial charge is 0.360 e. The zero-order chi connectivity index (χ0) is 13.5. The first-order valence-electron chi connectivity index (χ1n) is 4.74. The molecule has 2 rings (SSSR count). The van der Waals surface area contributed by atoms with Gasteiger partial charge in [0, 0.05) is 5.56 Å². The highest BCUT2D eigenvalue weighted by Gasteiger charge is 2.39. The summed E-state index contributed by atoms with van der Waals surface area (Å²) in [7, 11) is 0. The van der Waals surface area contributed by atoms with Gasteiger partial charge in [-0.2, -0.15) is 13.2 Å². The van der Waals surface area contributed by atoms with Crippen LogP contribution in [0.15, 0.2) is 17.5 Å². The second-order valence-corrected chi connectivity index (χ2v) is 4.53. The fourth-order valence-corrected chi connectivity index (χ4v) is 2.20. The normalized spacial score (nSPS) is 19.7. The number of nitrogens with one attached hydrogen (secondary N) is 1. The Morgan fingerprint density at radius 1 is 1.22 bits per heavy atom. The van der Waals surface area contributed by atoms with Gasteiger partial charge in [-0.05, 0) is 17.5 Å². The molecule has 0 bridgehead atoms. The third kappa shape index (κ3) is 2.30. The molecule has 0 aliphatic carbocycles. The quantitative estimate of drug-likeness (QED) is 0.778. The van der Waals surface area contributed by atoms with E-state index in [1.807, 2.05) is 0 Å². The van der Waals surface area contributed by atoms with Crippen LogP contribution in [-0.4, -0.2) is 5.50 Å². The molecule has 0 saturated carbocycles. The summed E-state index contributed by atoms with van der Waals surface area (Å²) >= 11 is 1.09. The van der Waals surface area contributed by atoms with Crippen molar-refractivity contribution in [3.63, 3.8) is 0 Å². The van der Waals surface area contributed by atoms with E-state index in [1.54, 1.807) is 0 Å². The van der Waals surface area contributed by atoms with Gasteiger partial charge in [0.25, 0.3) is 0 Å². The van der Waals surface area contributed by atoms with Gasteiger partial charge in [-0.25, -0.2) is 8.78 Å². The molecular weight excluding hydrogens is 275 g/mol. The number of nitrogens with two attached hydrogens (primary N) is 1. The zero-order valence-corrected chi connectivity index (χ0v) is 9.50. The molecule has 0 aromatic heterocycles. The summed E-state index contributed by atoms with van der Waals surface area (Å²) in [5, 5.41) is 3.97. The summed E-state index contributed by atoms with van der Waals surface area (Å²) in [6.07, 6.45) is -5.08. The molecule has 1 aliphatic rings. The van der Waals surface area contributed by atoms with Crippen molar-refractivity contribution in [2.24, 2.45) is 5.73 Å². The maximum atomic E-state index is 13.7. The average Bonchev–Trinajstić information content (AvgIpc) is 2.62. The van der Waals surface area contributed by atoms with E-state index < -0.39 is 28.9 Å². The molecule has 0 fully saturated rings. The summed E-state index contributed by atoms with van der Waals surface area (Å²) in [5.74, 6) is -3.28. The molecule has 1 unspecified atom stereocenters. The number of hydrogen-bond acceptors (Lipinski definition) is 3. The van der Waals surface area contributed by atoms with Crippen molar-refractivity contribution in [2.75, 3.05) is 0 Å². The van der Waals surface area contributed by atoms with E-state index in [9.17, 15) is 22.0 Å². The third-order valence-corrected chi connectivity index (χ3v) is 3.08. The van der Waals surface area contributed by atoms with E-state index in [0.717, 1.165) is 17.8 Å². The van der Waals surface area contributed by atoms with E-state index in [0.29, 0.717) is 6.07 Å². The fraction of sp³-hybridized carbons (Fsp3) is 0.200. The van der Waals surface area contributed by atoms with Gasteiger partial charge >= 0.3 is 6.18 Å². The Hall–Kier alpha value is -1.28. The average molecular weight is 282 g/mol. The second kappa shape index (κ2) is 4.43. The van der Waals surface area contributed by atoms with E-state index in [-0.39, 0.29) is 11.3 Å². The first-order valence-corrected chi connectivity index (χ1v) is 5.68. The van der Waals surface area contributed by atoms with Crippen molar-refractivity contribution in [2.45, 2.75) is 11.7 Å². The van der Waals surface area contributed by atoms with Crippen LogP contribution in [0.1, 0.15) is 11.1 Å². The van der Waals surface area contributed by atoms with Crippen LogP contribution in [0.25, 0.3) is 5.70 Å². The molecule has 1 atom stereocenters. The molecule has 2 nitrogen and oxygen atoms in total. The lowest BCUT2D eigenvalue weighted by atomic mass is 10.1. The molecule has 1 aliphatic heterocycles. The summed E-state index contributed by atoms with van der Waals surface area (Å²) in [6, 6.07) is 1.52. The summed E-state index contributed by atoms with van der Waals surface area (Å²) in [6.45, 7) is 0. The van der Waals surface area contributed by atoms with Crippen molar-refractivity contribution >= 4 is 17.5 Å². The molecule has 0 spiro atoms. The number of benzene rings is 1. The van der Waals surface area contributed by atoms with Crippen LogP contribution in [0, 0.1) is 11.6 Å². The molecule has 0 amide bonds. The minimum absolute atomic E-state index is 0.107. The maximum Gasteiger partial charge on any atom is 0.422 e. The predicted octanol–water partition coefficient (Wildman–Crippen LogP) is 2.86. The van der Waals surface area contributed by atoms with Crippen LogP contribution < -0.4 is 11.1 Å². The molecule has 98 valence electrons. The summed E-state index contributed by atoms with van der Waals surface area (Å²) in [4.78, 5) is 0. The highest BCUT2D eigenvalue weighted by molar-refractivity contribution is 8.03. The van der Waals surface area contributed by atoms with E-state index in [1.165, 1.54) is 5.41 Å². The number of halogens is 5. The molecule has 8 heteroatoms. The molecule has 1 aromatic rings. The van der Waals surface area contributed by atoms with Gasteiger partial charge < -0.3 is 11.1 Å². The molecule has 0 radical (unpaired) electrons. The Labute approximate surface area is 103 Å². The SMILES string of the molecule is NC1NC(c2ccc(F)c(C(F)(F)F)c2F)=CS1. The Kier molecular flexibility index (Phi) is 3.24. The monoisotopic (exact) mass is 282 g/mol. The van der Waals surface area contributed by atoms with Gasteiger partial charge in [-0.15, -0.1) is 0 Å². The Morgan fingerprint density at radius 2 is 1.89 bits per heavy atom. The minimum atomic E-state index is -5.08. The van der Waals surface area contributed by atoms with E-state index >= 15 is 0 Å². The van der Waals surface area contributed by atoms with Crippen LogP contribution >= 0.6 is 11.8 Å². The van der Waals surface area contributed by atoms with Crippen LogP contribution in [0.3, 0.4) is 0 Å². The Morgan fingerprint density at radius 3 is 2.39 bits per heavy atom. The van der Waals surface area contributed by atoms with Gasteiger partial charge in [0.1, 0.15) is 22.7 Å². The lowest BCUT2D eigenvalue weighted by Crippen LogP contribution is -2.29. The van der Waals surface area contributed by atoms with Crippen molar-refractivity contribution < 1.29 is 22.0 Å². The van der Waals surface area contributed by atoms with Gasteiger partial charge in [-0.1, -0.05) is 11.8 Å². The first kappa shape index (κ1) is 13.2. The van der Waals surface area contributed by atoms with Gasteiger partial charge in [0.05, 0.1) is 5.70 Å². The van der Waals surface area contributed by atoms with Crippen molar-refractivity contribution in [1.82, 2.24) is 5.32 Å². The fourth-order valence-electron chi connectivity index (χ4n) is 1.52. The molecule has 0 saturated heterocycles. The van der Waals surface area contributed by atoms with Crippen LogP contribution in [-0.2, 0) is 6.18 Å². The molecule has 3 N–H and O–H groups in total. The van der Waals surface area contributed by atoms with Crippen LogP contribution in [0.5, 0.6) is 0 Å². The number of rotatable bonds is 1. The lowest BCUT2D eigenvalue weighted by Gasteiger charge is -2.14. The van der Waals surface area contributed by atoms with Crippen LogP contribution in [0.2, 0.25) is 0 Å². The Bertz CT molecular complexity index is 512. The molecular formula is C10H7F5N2S. The molecule has 1 heterocycles. The topological polar surface area (TPSA) is 38.0 Å². The van der Waals surface area contributed by atoms with Crippen molar-refractivity contribution in [1.29, 1.82) is 0 Å². The van der Waals surface area contributed by atoms with Gasteiger partial charge in [0.15, 0.2) is 0 Å². The van der Waals surface area contributed by atoms with E-state index in [2.05, 4.69) is 5.32 Å². The van der Waals surface area contributed by atoms with E-state index in [4.69, 9.17) is 5.73 Å². The zero-order valence-electron chi connectivity index (χ0n) is 8.68. The largest absolute Gasteiger partial charge is 0.422 e.